The molecule has 0 bridgehead atoms. The molecular weight excluding hydrogens is 318 g/mol. The first-order valence-electron chi connectivity index (χ1n) is 7.77. The third-order valence-corrected chi connectivity index (χ3v) is 3.50. The molecule has 0 atom stereocenters. The minimum absolute atomic E-state index is 0.310. The highest BCUT2D eigenvalue weighted by Crippen LogP contribution is 2.19. The molecule has 2 aromatic carbocycles. The van der Waals surface area contributed by atoms with Crippen LogP contribution in [0, 0.1) is 25.2 Å². The molecular formula is C20H19NO4. The van der Waals surface area contributed by atoms with E-state index >= 15 is 0 Å². The number of hydrogen-bond donors (Lipinski definition) is 1. The number of aryl methyl sites for hydroxylation is 2. The van der Waals surface area contributed by atoms with Crippen LogP contribution >= 0.6 is 0 Å². The number of aliphatic carboxylic acids is 1. The molecule has 2 rings (SSSR count). The van der Waals surface area contributed by atoms with E-state index in [0.29, 0.717) is 24.5 Å². The molecule has 5 nitrogen and oxygen atoms in total. The van der Waals surface area contributed by atoms with Crippen molar-refractivity contribution >= 4 is 12.0 Å². The van der Waals surface area contributed by atoms with Crippen molar-refractivity contribution in [3.05, 3.63) is 64.7 Å². The van der Waals surface area contributed by atoms with E-state index in [9.17, 15) is 4.79 Å². The lowest BCUT2D eigenvalue weighted by atomic mass is 10.1. The molecule has 0 radical (unpaired) electrons. The molecule has 2 aromatic rings. The van der Waals surface area contributed by atoms with E-state index < -0.39 is 5.97 Å². The van der Waals surface area contributed by atoms with Gasteiger partial charge in [-0.15, -0.1) is 0 Å². The molecule has 0 aliphatic rings. The summed E-state index contributed by atoms with van der Waals surface area (Å²) in [4.78, 5) is 10.8. The molecule has 0 fully saturated rings. The van der Waals surface area contributed by atoms with Gasteiger partial charge in [-0.3, -0.25) is 0 Å². The summed E-state index contributed by atoms with van der Waals surface area (Å²) in [5, 5.41) is 17.6. The summed E-state index contributed by atoms with van der Waals surface area (Å²) < 4.78 is 11.3. The average Bonchev–Trinajstić information content (AvgIpc) is 2.60. The Kier molecular flexibility index (Phi) is 6.19. The number of nitrogens with zero attached hydrogens (tertiary/aromatic N) is 1. The van der Waals surface area contributed by atoms with Crippen molar-refractivity contribution in [3.63, 3.8) is 0 Å². The normalized spacial score (nSPS) is 10.8. The van der Waals surface area contributed by atoms with Crippen LogP contribution in [0.5, 0.6) is 11.5 Å². The van der Waals surface area contributed by atoms with Gasteiger partial charge in [-0.05, 0) is 54.8 Å². The predicted molar refractivity (Wildman–Crippen MR) is 94.6 cm³/mol. The van der Waals surface area contributed by atoms with Gasteiger partial charge in [0.2, 0.25) is 0 Å². The molecule has 0 saturated heterocycles. The van der Waals surface area contributed by atoms with Crippen molar-refractivity contribution < 1.29 is 19.4 Å². The number of benzene rings is 2. The number of nitriles is 1. The summed E-state index contributed by atoms with van der Waals surface area (Å²) >= 11 is 0. The summed E-state index contributed by atoms with van der Waals surface area (Å²) in [6.07, 6.45) is 1.32. The smallest absolute Gasteiger partial charge is 0.346 e. The number of carboxylic acids is 1. The van der Waals surface area contributed by atoms with Crippen LogP contribution in [0.4, 0.5) is 0 Å². The lowest BCUT2D eigenvalue weighted by molar-refractivity contribution is -0.132. The number of ether oxygens (including phenoxy) is 2. The van der Waals surface area contributed by atoms with Crippen LogP contribution < -0.4 is 9.47 Å². The largest absolute Gasteiger partial charge is 0.490 e. The van der Waals surface area contributed by atoms with Gasteiger partial charge in [-0.1, -0.05) is 24.3 Å². The molecule has 0 aliphatic carbocycles. The van der Waals surface area contributed by atoms with Gasteiger partial charge >= 0.3 is 5.97 Å². The second-order valence-electron chi connectivity index (χ2n) is 5.51. The highest BCUT2D eigenvalue weighted by atomic mass is 16.5. The van der Waals surface area contributed by atoms with Crippen LogP contribution in [0.25, 0.3) is 6.08 Å². The maximum Gasteiger partial charge on any atom is 0.346 e. The zero-order valence-corrected chi connectivity index (χ0v) is 14.2. The van der Waals surface area contributed by atoms with Gasteiger partial charge in [-0.25, -0.2) is 4.79 Å². The predicted octanol–water partition coefficient (Wildman–Crippen LogP) is 3.75. The van der Waals surface area contributed by atoms with E-state index in [0.717, 1.165) is 16.9 Å². The Morgan fingerprint density at radius 1 is 1.12 bits per heavy atom. The van der Waals surface area contributed by atoms with E-state index in [1.807, 2.05) is 32.0 Å². The highest BCUT2D eigenvalue weighted by Gasteiger charge is 2.05. The van der Waals surface area contributed by atoms with Gasteiger partial charge in [0, 0.05) is 0 Å². The standard InChI is InChI=1S/C20H19NO4/c1-14-3-4-15(2)19(11-14)25-10-9-24-18-7-5-16(6-8-18)12-17(13-21)20(22)23/h3-8,11-12H,9-10H2,1-2H3,(H,22,23). The maximum atomic E-state index is 10.8. The quantitative estimate of drug-likeness (QED) is 0.473. The first-order valence-corrected chi connectivity index (χ1v) is 7.77. The SMILES string of the molecule is Cc1ccc(C)c(OCCOc2ccc(C=C(C#N)C(=O)O)cc2)c1. The fourth-order valence-corrected chi connectivity index (χ4v) is 2.14. The summed E-state index contributed by atoms with van der Waals surface area (Å²) in [6, 6.07) is 14.5. The minimum atomic E-state index is -1.24. The zero-order valence-electron chi connectivity index (χ0n) is 14.2. The Hall–Kier alpha value is -3.26. The van der Waals surface area contributed by atoms with Gasteiger partial charge in [0.1, 0.15) is 36.4 Å². The van der Waals surface area contributed by atoms with Crippen molar-refractivity contribution in [2.45, 2.75) is 13.8 Å². The van der Waals surface area contributed by atoms with E-state index in [1.54, 1.807) is 30.3 Å². The number of rotatable bonds is 7. The Morgan fingerprint density at radius 3 is 2.44 bits per heavy atom. The molecule has 0 spiro atoms. The first-order chi connectivity index (χ1) is 12.0. The molecule has 1 N–H and O–H groups in total. The fourth-order valence-electron chi connectivity index (χ4n) is 2.14. The maximum absolute atomic E-state index is 10.8. The van der Waals surface area contributed by atoms with E-state index in [-0.39, 0.29) is 5.57 Å². The van der Waals surface area contributed by atoms with Gasteiger partial charge in [-0.2, -0.15) is 5.26 Å². The van der Waals surface area contributed by atoms with Crippen LogP contribution in [0.2, 0.25) is 0 Å². The Balaban J connectivity index is 1.87. The van der Waals surface area contributed by atoms with Crippen LogP contribution in [0.1, 0.15) is 16.7 Å². The van der Waals surface area contributed by atoms with Gasteiger partial charge in [0.15, 0.2) is 0 Å². The van der Waals surface area contributed by atoms with Crippen molar-refractivity contribution in [3.8, 4) is 17.6 Å². The monoisotopic (exact) mass is 337 g/mol. The van der Waals surface area contributed by atoms with Gasteiger partial charge in [0.25, 0.3) is 0 Å². The van der Waals surface area contributed by atoms with E-state index in [1.165, 1.54) is 6.08 Å². The molecule has 0 aliphatic heterocycles. The number of carboxylic acid groups (broad SMARTS) is 1. The Labute approximate surface area is 146 Å². The molecule has 0 aromatic heterocycles. The van der Waals surface area contributed by atoms with Gasteiger partial charge in [0.05, 0.1) is 0 Å². The second-order valence-corrected chi connectivity index (χ2v) is 5.51. The lowest BCUT2D eigenvalue weighted by Gasteiger charge is -2.11. The first kappa shape index (κ1) is 18.1. The van der Waals surface area contributed by atoms with Crippen LogP contribution in [-0.4, -0.2) is 24.3 Å². The van der Waals surface area contributed by atoms with E-state index in [4.69, 9.17) is 19.8 Å². The summed E-state index contributed by atoms with van der Waals surface area (Å²) in [5.74, 6) is 0.253. The zero-order chi connectivity index (χ0) is 18.2. The molecule has 0 heterocycles. The van der Waals surface area contributed by atoms with Crippen molar-refractivity contribution in [1.29, 1.82) is 5.26 Å². The molecule has 25 heavy (non-hydrogen) atoms. The number of carbonyl (C=O) groups is 1. The molecule has 5 heteroatoms. The third kappa shape index (κ3) is 5.40. The van der Waals surface area contributed by atoms with E-state index in [2.05, 4.69) is 0 Å². The van der Waals surface area contributed by atoms with Crippen LogP contribution in [0.3, 0.4) is 0 Å². The Bertz CT molecular complexity index is 817. The summed E-state index contributed by atoms with van der Waals surface area (Å²) in [5.41, 5.74) is 2.53. The van der Waals surface area contributed by atoms with Crippen LogP contribution in [-0.2, 0) is 4.79 Å². The van der Waals surface area contributed by atoms with Crippen molar-refractivity contribution in [2.75, 3.05) is 13.2 Å². The second kappa shape index (κ2) is 8.55. The van der Waals surface area contributed by atoms with Crippen molar-refractivity contribution in [1.82, 2.24) is 0 Å². The Morgan fingerprint density at radius 2 is 1.80 bits per heavy atom. The van der Waals surface area contributed by atoms with Gasteiger partial charge < -0.3 is 14.6 Å². The molecule has 0 saturated carbocycles. The highest BCUT2D eigenvalue weighted by molar-refractivity contribution is 5.96. The third-order valence-electron chi connectivity index (χ3n) is 3.50. The fraction of sp³-hybridized carbons (Fsp3) is 0.200. The van der Waals surface area contributed by atoms with Crippen LogP contribution in [0.15, 0.2) is 48.0 Å². The lowest BCUT2D eigenvalue weighted by Crippen LogP contribution is -2.09. The summed E-state index contributed by atoms with van der Waals surface area (Å²) in [6.45, 7) is 4.82. The topological polar surface area (TPSA) is 79.5 Å². The summed E-state index contributed by atoms with van der Waals surface area (Å²) in [7, 11) is 0. The minimum Gasteiger partial charge on any atom is -0.490 e. The average molecular weight is 337 g/mol. The molecule has 0 amide bonds. The molecule has 128 valence electrons. The van der Waals surface area contributed by atoms with Crippen molar-refractivity contribution in [2.24, 2.45) is 0 Å². The molecule has 0 unspecified atom stereocenters. The number of hydrogen-bond acceptors (Lipinski definition) is 4.